The predicted molar refractivity (Wildman–Crippen MR) is 138 cm³/mol. The lowest BCUT2D eigenvalue weighted by atomic mass is 10.2. The lowest BCUT2D eigenvalue weighted by Crippen LogP contribution is -2.44. The van der Waals surface area contributed by atoms with E-state index in [0.717, 1.165) is 59.9 Å². The van der Waals surface area contributed by atoms with Gasteiger partial charge in [-0.25, -0.2) is 4.79 Å². The van der Waals surface area contributed by atoms with Gasteiger partial charge in [0.05, 0.1) is 18.9 Å². The van der Waals surface area contributed by atoms with Gasteiger partial charge < -0.3 is 19.7 Å². The van der Waals surface area contributed by atoms with Gasteiger partial charge in [-0.05, 0) is 51.3 Å². The largest absolute Gasteiger partial charge is 0.489 e. The van der Waals surface area contributed by atoms with Crippen molar-refractivity contribution in [3.8, 4) is 5.75 Å². The Hall–Kier alpha value is -2.87. The van der Waals surface area contributed by atoms with Crippen LogP contribution in [-0.2, 0) is 17.9 Å². The summed E-state index contributed by atoms with van der Waals surface area (Å²) in [6, 6.07) is 25.6. The molecule has 0 bridgehead atoms. The van der Waals surface area contributed by atoms with Crippen LogP contribution in [0.4, 0.5) is 10.5 Å². The number of benzene rings is 3. The first-order chi connectivity index (χ1) is 16.7. The minimum atomic E-state index is -0.121. The van der Waals surface area contributed by atoms with Crippen molar-refractivity contribution in [2.45, 2.75) is 13.2 Å². The standard InChI is InChI=1S/C27H30BrN3O3/c28-25-8-4-5-9-26(25)29-27(32)31(15-14-30-16-18-33-19-17-30)20-22-10-12-24(13-11-22)34-21-23-6-2-1-3-7-23/h1-13H,14-21H2,(H,29,32). The Balaban J connectivity index is 1.39. The van der Waals surface area contributed by atoms with E-state index in [-0.39, 0.29) is 6.03 Å². The number of hydrogen-bond acceptors (Lipinski definition) is 4. The molecule has 0 saturated carbocycles. The van der Waals surface area contributed by atoms with Gasteiger partial charge in [0.1, 0.15) is 12.4 Å². The van der Waals surface area contributed by atoms with Crippen LogP contribution >= 0.6 is 15.9 Å². The van der Waals surface area contributed by atoms with Crippen LogP contribution < -0.4 is 10.1 Å². The van der Waals surface area contributed by atoms with E-state index in [9.17, 15) is 4.79 Å². The molecule has 1 aliphatic rings. The van der Waals surface area contributed by atoms with Crippen molar-refractivity contribution >= 4 is 27.6 Å². The maximum absolute atomic E-state index is 13.2. The highest BCUT2D eigenvalue weighted by Gasteiger charge is 2.18. The highest BCUT2D eigenvalue weighted by molar-refractivity contribution is 9.10. The zero-order chi connectivity index (χ0) is 23.6. The van der Waals surface area contributed by atoms with Crippen LogP contribution in [-0.4, -0.2) is 55.2 Å². The van der Waals surface area contributed by atoms with E-state index in [1.807, 2.05) is 83.8 Å². The molecule has 0 atom stereocenters. The molecule has 0 aliphatic carbocycles. The SMILES string of the molecule is O=C(Nc1ccccc1Br)N(CCN1CCOCC1)Cc1ccc(OCc2ccccc2)cc1. The van der Waals surface area contributed by atoms with Gasteiger partial charge in [0, 0.05) is 37.2 Å². The monoisotopic (exact) mass is 523 g/mol. The molecule has 0 unspecified atom stereocenters. The number of rotatable bonds is 9. The number of ether oxygens (including phenoxy) is 2. The second kappa shape index (κ2) is 12.6. The summed E-state index contributed by atoms with van der Waals surface area (Å²) in [6.45, 7) is 5.76. The molecular weight excluding hydrogens is 494 g/mol. The molecule has 0 aromatic heterocycles. The maximum Gasteiger partial charge on any atom is 0.322 e. The van der Waals surface area contributed by atoms with Crippen molar-refractivity contribution in [3.05, 3.63) is 94.5 Å². The molecule has 6 nitrogen and oxygen atoms in total. The first-order valence-electron chi connectivity index (χ1n) is 11.5. The number of amides is 2. The summed E-state index contributed by atoms with van der Waals surface area (Å²) in [6.07, 6.45) is 0. The molecule has 1 fully saturated rings. The molecule has 1 N–H and O–H groups in total. The van der Waals surface area contributed by atoms with E-state index in [4.69, 9.17) is 9.47 Å². The van der Waals surface area contributed by atoms with Crippen LogP contribution in [0.3, 0.4) is 0 Å². The average molecular weight is 524 g/mol. The van der Waals surface area contributed by atoms with E-state index < -0.39 is 0 Å². The van der Waals surface area contributed by atoms with Gasteiger partial charge in [-0.2, -0.15) is 0 Å². The fourth-order valence-electron chi connectivity index (χ4n) is 3.75. The number of carbonyl (C=O) groups is 1. The number of urea groups is 1. The van der Waals surface area contributed by atoms with Crippen molar-refractivity contribution < 1.29 is 14.3 Å². The first kappa shape index (κ1) is 24.3. The Bertz CT molecular complexity index is 1040. The maximum atomic E-state index is 13.2. The number of nitrogens with one attached hydrogen (secondary N) is 1. The molecule has 4 rings (SSSR count). The second-order valence-corrected chi connectivity index (χ2v) is 9.06. The zero-order valence-electron chi connectivity index (χ0n) is 19.2. The van der Waals surface area contributed by atoms with Crippen LogP contribution in [0.5, 0.6) is 5.75 Å². The summed E-state index contributed by atoms with van der Waals surface area (Å²) < 4.78 is 12.2. The number of hydrogen-bond donors (Lipinski definition) is 1. The smallest absolute Gasteiger partial charge is 0.322 e. The molecule has 1 heterocycles. The van der Waals surface area contributed by atoms with Crippen molar-refractivity contribution in [2.75, 3.05) is 44.7 Å². The van der Waals surface area contributed by atoms with Crippen molar-refractivity contribution in [1.82, 2.24) is 9.80 Å². The third-order valence-electron chi connectivity index (χ3n) is 5.74. The summed E-state index contributed by atoms with van der Waals surface area (Å²) in [5, 5.41) is 3.04. The molecule has 0 spiro atoms. The van der Waals surface area contributed by atoms with Crippen molar-refractivity contribution in [2.24, 2.45) is 0 Å². The van der Waals surface area contributed by atoms with E-state index in [0.29, 0.717) is 19.7 Å². The van der Waals surface area contributed by atoms with E-state index in [1.54, 1.807) is 0 Å². The van der Waals surface area contributed by atoms with Crippen LogP contribution in [0.1, 0.15) is 11.1 Å². The highest BCUT2D eigenvalue weighted by atomic mass is 79.9. The topological polar surface area (TPSA) is 54.0 Å². The van der Waals surface area contributed by atoms with Gasteiger partial charge in [0.2, 0.25) is 0 Å². The van der Waals surface area contributed by atoms with Crippen molar-refractivity contribution in [3.63, 3.8) is 0 Å². The zero-order valence-corrected chi connectivity index (χ0v) is 20.7. The Kier molecular flexibility index (Phi) is 8.96. The Morgan fingerprint density at radius 1 is 0.941 bits per heavy atom. The third kappa shape index (κ3) is 7.32. The molecule has 1 aliphatic heterocycles. The summed E-state index contributed by atoms with van der Waals surface area (Å²) in [5.74, 6) is 0.810. The highest BCUT2D eigenvalue weighted by Crippen LogP contribution is 2.22. The quantitative estimate of drug-likeness (QED) is 0.408. The number of carbonyl (C=O) groups excluding carboxylic acids is 1. The summed E-state index contributed by atoms with van der Waals surface area (Å²) >= 11 is 3.51. The Morgan fingerprint density at radius 3 is 2.38 bits per heavy atom. The predicted octanol–water partition coefficient (Wildman–Crippen LogP) is 5.39. The molecule has 178 valence electrons. The van der Waals surface area contributed by atoms with Gasteiger partial charge >= 0.3 is 6.03 Å². The average Bonchev–Trinajstić information content (AvgIpc) is 2.88. The molecule has 7 heteroatoms. The summed E-state index contributed by atoms with van der Waals surface area (Å²) in [5.41, 5.74) is 2.94. The molecule has 2 amide bonds. The minimum absolute atomic E-state index is 0.121. The van der Waals surface area contributed by atoms with Crippen LogP contribution in [0, 0.1) is 0 Å². The van der Waals surface area contributed by atoms with Gasteiger partial charge in [0.25, 0.3) is 0 Å². The third-order valence-corrected chi connectivity index (χ3v) is 6.43. The summed E-state index contributed by atoms with van der Waals surface area (Å²) in [7, 11) is 0. The van der Waals surface area contributed by atoms with E-state index >= 15 is 0 Å². The molecular formula is C27H30BrN3O3. The fraction of sp³-hybridized carbons (Fsp3) is 0.296. The summed E-state index contributed by atoms with van der Waals surface area (Å²) in [4.78, 5) is 17.4. The Labute approximate surface area is 209 Å². The molecule has 1 saturated heterocycles. The van der Waals surface area contributed by atoms with Gasteiger partial charge in [0.15, 0.2) is 0 Å². The second-order valence-electron chi connectivity index (χ2n) is 8.20. The Morgan fingerprint density at radius 2 is 1.65 bits per heavy atom. The van der Waals surface area contributed by atoms with Gasteiger partial charge in [-0.3, -0.25) is 4.90 Å². The van der Waals surface area contributed by atoms with Crippen LogP contribution in [0.25, 0.3) is 0 Å². The van der Waals surface area contributed by atoms with Crippen molar-refractivity contribution in [1.29, 1.82) is 0 Å². The normalized spacial score (nSPS) is 13.9. The number of nitrogens with zero attached hydrogens (tertiary/aromatic N) is 2. The number of anilines is 1. The lowest BCUT2D eigenvalue weighted by molar-refractivity contribution is 0.0349. The number of halogens is 1. The van der Waals surface area contributed by atoms with Gasteiger partial charge in [-0.15, -0.1) is 0 Å². The number of morpholine rings is 1. The first-order valence-corrected chi connectivity index (χ1v) is 12.3. The van der Waals surface area contributed by atoms with Crippen LogP contribution in [0.2, 0.25) is 0 Å². The molecule has 3 aromatic carbocycles. The van der Waals surface area contributed by atoms with E-state index in [1.165, 1.54) is 0 Å². The molecule has 34 heavy (non-hydrogen) atoms. The van der Waals surface area contributed by atoms with Gasteiger partial charge in [-0.1, -0.05) is 54.6 Å². The van der Waals surface area contributed by atoms with Crippen LogP contribution in [0.15, 0.2) is 83.3 Å². The molecule has 3 aromatic rings. The fourth-order valence-corrected chi connectivity index (χ4v) is 4.13. The molecule has 0 radical (unpaired) electrons. The van der Waals surface area contributed by atoms with E-state index in [2.05, 4.69) is 26.1 Å². The minimum Gasteiger partial charge on any atom is -0.489 e. The number of para-hydroxylation sites is 1. The lowest BCUT2D eigenvalue weighted by Gasteiger charge is -2.30.